The van der Waals surface area contributed by atoms with Crippen LogP contribution in [0.25, 0.3) is 0 Å². The highest BCUT2D eigenvalue weighted by molar-refractivity contribution is 7.92. The fourth-order valence-electron chi connectivity index (χ4n) is 4.84. The fraction of sp³-hybridized carbons (Fsp3) is 0.235. The van der Waals surface area contributed by atoms with Crippen LogP contribution in [-0.4, -0.2) is 50.9 Å². The molecule has 8 nitrogen and oxygen atoms in total. The van der Waals surface area contributed by atoms with E-state index in [-0.39, 0.29) is 41.2 Å². The molecule has 4 aromatic rings. The number of anilines is 1. The van der Waals surface area contributed by atoms with E-state index in [1.165, 1.54) is 24.1 Å². The molecule has 0 fully saturated rings. The first-order valence-corrected chi connectivity index (χ1v) is 16.0. The van der Waals surface area contributed by atoms with Gasteiger partial charge in [-0.15, -0.1) is 0 Å². The maximum Gasteiger partial charge on any atom is 0.264 e. The van der Waals surface area contributed by atoms with Gasteiger partial charge in [-0.3, -0.25) is 13.9 Å². The molecular formula is C34H36ClN3O5S. The van der Waals surface area contributed by atoms with E-state index in [9.17, 15) is 18.0 Å². The van der Waals surface area contributed by atoms with Gasteiger partial charge in [0, 0.05) is 24.0 Å². The second-order valence-corrected chi connectivity index (χ2v) is 12.8. The van der Waals surface area contributed by atoms with Crippen molar-refractivity contribution in [2.45, 2.75) is 43.8 Å². The molecule has 0 heterocycles. The number of benzene rings is 4. The Labute approximate surface area is 264 Å². The van der Waals surface area contributed by atoms with Crippen LogP contribution in [0, 0.1) is 0 Å². The number of nitrogens with one attached hydrogen (secondary N) is 1. The first-order valence-electron chi connectivity index (χ1n) is 14.2. The number of amides is 2. The number of rotatable bonds is 13. The summed E-state index contributed by atoms with van der Waals surface area (Å²) in [5.74, 6) is -0.649. The molecule has 10 heteroatoms. The standard InChI is InChI=1S/C34H36ClN3O5S/c1-25(2)36-34(40)31(22-26-13-6-4-7-14-26)37(23-27-15-12-16-28(35)21-27)33(39)24-38(30-19-10-11-20-32(30)43-3)44(41,42)29-17-8-5-9-18-29/h4-21,25,31H,22-24H2,1-3H3,(H,36,40). The van der Waals surface area contributed by atoms with E-state index in [1.54, 1.807) is 60.7 Å². The lowest BCUT2D eigenvalue weighted by atomic mass is 10.0. The Kier molecular flexibility index (Phi) is 11.0. The molecule has 4 aromatic carbocycles. The van der Waals surface area contributed by atoms with Gasteiger partial charge in [-0.05, 0) is 61.4 Å². The Morgan fingerprint density at radius 2 is 1.45 bits per heavy atom. The minimum absolute atomic E-state index is 0.0125. The van der Waals surface area contributed by atoms with Gasteiger partial charge in [-0.2, -0.15) is 0 Å². The number of methoxy groups -OCH3 is 1. The average molecular weight is 634 g/mol. The second-order valence-electron chi connectivity index (χ2n) is 10.5. The summed E-state index contributed by atoms with van der Waals surface area (Å²) in [6.07, 6.45) is 0.214. The number of nitrogens with zero attached hydrogens (tertiary/aromatic N) is 2. The van der Waals surface area contributed by atoms with Crippen LogP contribution in [0.3, 0.4) is 0 Å². The van der Waals surface area contributed by atoms with Crippen molar-refractivity contribution in [3.63, 3.8) is 0 Å². The van der Waals surface area contributed by atoms with E-state index in [0.717, 1.165) is 9.87 Å². The third-order valence-corrected chi connectivity index (χ3v) is 8.92. The van der Waals surface area contributed by atoms with E-state index in [0.29, 0.717) is 10.6 Å². The highest BCUT2D eigenvalue weighted by Gasteiger charge is 2.35. The fourth-order valence-corrected chi connectivity index (χ4v) is 6.49. The Morgan fingerprint density at radius 3 is 2.09 bits per heavy atom. The Bertz CT molecular complexity index is 1670. The quantitative estimate of drug-likeness (QED) is 0.204. The molecule has 1 unspecified atom stereocenters. The van der Waals surface area contributed by atoms with Crippen LogP contribution >= 0.6 is 11.6 Å². The van der Waals surface area contributed by atoms with Crippen LogP contribution < -0.4 is 14.4 Å². The van der Waals surface area contributed by atoms with Crippen LogP contribution in [-0.2, 0) is 32.6 Å². The first-order chi connectivity index (χ1) is 21.1. The number of sulfonamides is 1. The number of halogens is 1. The molecule has 0 aliphatic heterocycles. The van der Waals surface area contributed by atoms with E-state index in [1.807, 2.05) is 50.2 Å². The van der Waals surface area contributed by atoms with Gasteiger partial charge in [0.2, 0.25) is 11.8 Å². The predicted molar refractivity (Wildman–Crippen MR) is 173 cm³/mol. The molecule has 0 aliphatic carbocycles. The molecule has 230 valence electrons. The van der Waals surface area contributed by atoms with E-state index >= 15 is 0 Å². The zero-order valence-corrected chi connectivity index (χ0v) is 26.5. The maximum absolute atomic E-state index is 14.5. The minimum atomic E-state index is -4.23. The third kappa shape index (κ3) is 8.18. The summed E-state index contributed by atoms with van der Waals surface area (Å²) in [5.41, 5.74) is 1.73. The molecule has 0 saturated carbocycles. The Hall–Kier alpha value is -4.34. The summed E-state index contributed by atoms with van der Waals surface area (Å²) in [4.78, 5) is 29.7. The van der Waals surface area contributed by atoms with E-state index in [2.05, 4.69) is 5.32 Å². The van der Waals surface area contributed by atoms with Crippen LogP contribution in [0.5, 0.6) is 5.75 Å². The van der Waals surface area contributed by atoms with Crippen molar-refractivity contribution in [1.29, 1.82) is 0 Å². The number of carbonyl (C=O) groups is 2. The monoisotopic (exact) mass is 633 g/mol. The number of para-hydroxylation sites is 2. The molecule has 0 saturated heterocycles. The van der Waals surface area contributed by atoms with Gasteiger partial charge < -0.3 is 15.0 Å². The van der Waals surface area contributed by atoms with Crippen molar-refractivity contribution < 1.29 is 22.7 Å². The largest absolute Gasteiger partial charge is 0.495 e. The van der Waals surface area contributed by atoms with Gasteiger partial charge in [-0.25, -0.2) is 8.42 Å². The van der Waals surface area contributed by atoms with Crippen molar-refractivity contribution >= 4 is 39.1 Å². The van der Waals surface area contributed by atoms with Crippen molar-refractivity contribution in [3.05, 3.63) is 125 Å². The molecule has 0 spiro atoms. The zero-order chi connectivity index (χ0) is 31.7. The lowest BCUT2D eigenvalue weighted by molar-refractivity contribution is -0.140. The van der Waals surface area contributed by atoms with Crippen molar-refractivity contribution in [3.8, 4) is 5.75 Å². The summed E-state index contributed by atoms with van der Waals surface area (Å²) in [6, 6.07) is 29.8. The van der Waals surface area contributed by atoms with Gasteiger partial charge in [0.25, 0.3) is 10.0 Å². The third-order valence-electron chi connectivity index (χ3n) is 6.91. The summed E-state index contributed by atoms with van der Waals surface area (Å²) in [7, 11) is -2.80. The number of ether oxygens (including phenoxy) is 1. The minimum Gasteiger partial charge on any atom is -0.495 e. The van der Waals surface area contributed by atoms with Crippen LogP contribution in [0.15, 0.2) is 114 Å². The molecule has 44 heavy (non-hydrogen) atoms. The number of hydrogen-bond acceptors (Lipinski definition) is 5. The molecule has 0 radical (unpaired) electrons. The van der Waals surface area contributed by atoms with Gasteiger partial charge in [0.05, 0.1) is 17.7 Å². The Balaban J connectivity index is 1.83. The number of hydrogen-bond donors (Lipinski definition) is 1. The van der Waals surface area contributed by atoms with Crippen LogP contribution in [0.2, 0.25) is 5.02 Å². The summed E-state index contributed by atoms with van der Waals surface area (Å²) in [5, 5.41) is 3.42. The first kappa shape index (κ1) is 32.6. The SMILES string of the molecule is COc1ccccc1N(CC(=O)N(Cc1cccc(Cl)c1)C(Cc1ccccc1)C(=O)NC(C)C)S(=O)(=O)c1ccccc1. The molecule has 0 aliphatic rings. The molecule has 1 N–H and O–H groups in total. The topological polar surface area (TPSA) is 96.0 Å². The summed E-state index contributed by atoms with van der Waals surface area (Å²) < 4.78 is 34.8. The normalized spacial score (nSPS) is 11.9. The average Bonchev–Trinajstić information content (AvgIpc) is 3.02. The molecule has 0 aromatic heterocycles. The van der Waals surface area contributed by atoms with Crippen molar-refractivity contribution in [2.75, 3.05) is 18.0 Å². The predicted octanol–water partition coefficient (Wildman–Crippen LogP) is 5.71. The highest BCUT2D eigenvalue weighted by Crippen LogP contribution is 2.32. The van der Waals surface area contributed by atoms with Gasteiger partial charge >= 0.3 is 0 Å². The smallest absolute Gasteiger partial charge is 0.264 e. The lowest BCUT2D eigenvalue weighted by Crippen LogP contribution is -2.54. The van der Waals surface area contributed by atoms with Crippen LogP contribution in [0.1, 0.15) is 25.0 Å². The molecule has 1 atom stereocenters. The Morgan fingerprint density at radius 1 is 0.841 bits per heavy atom. The van der Waals surface area contributed by atoms with Gasteiger partial charge in [-0.1, -0.05) is 84.4 Å². The second kappa shape index (κ2) is 14.9. The highest BCUT2D eigenvalue weighted by atomic mass is 35.5. The van der Waals surface area contributed by atoms with Gasteiger partial charge in [0.1, 0.15) is 18.3 Å². The van der Waals surface area contributed by atoms with Crippen molar-refractivity contribution in [2.24, 2.45) is 0 Å². The number of carbonyl (C=O) groups excluding carboxylic acids is 2. The van der Waals surface area contributed by atoms with E-state index < -0.39 is 28.5 Å². The van der Waals surface area contributed by atoms with Gasteiger partial charge in [0.15, 0.2) is 0 Å². The molecule has 2 amide bonds. The molecule has 0 bridgehead atoms. The maximum atomic E-state index is 14.5. The summed E-state index contributed by atoms with van der Waals surface area (Å²) in [6.45, 7) is 3.12. The molecular weight excluding hydrogens is 598 g/mol. The van der Waals surface area contributed by atoms with Crippen molar-refractivity contribution in [1.82, 2.24) is 10.2 Å². The van der Waals surface area contributed by atoms with Crippen LogP contribution in [0.4, 0.5) is 5.69 Å². The molecule has 4 rings (SSSR count). The summed E-state index contributed by atoms with van der Waals surface area (Å²) >= 11 is 6.29. The zero-order valence-electron chi connectivity index (χ0n) is 24.9. The lowest BCUT2D eigenvalue weighted by Gasteiger charge is -2.34. The van der Waals surface area contributed by atoms with E-state index in [4.69, 9.17) is 16.3 Å².